The van der Waals surface area contributed by atoms with Gasteiger partial charge in [-0.2, -0.15) is 0 Å². The van der Waals surface area contributed by atoms with Crippen LogP contribution in [0.2, 0.25) is 0 Å². The quantitative estimate of drug-likeness (QED) is 0.331. The molecule has 0 aliphatic rings. The lowest BCUT2D eigenvalue weighted by atomic mass is 10.0. The van der Waals surface area contributed by atoms with Gasteiger partial charge >= 0.3 is 5.97 Å². The molecular formula is C19H30N2O6. The van der Waals surface area contributed by atoms with Gasteiger partial charge in [0.05, 0.1) is 6.10 Å². The van der Waals surface area contributed by atoms with E-state index in [4.69, 9.17) is 5.11 Å². The number of phenolic OH excluding ortho intramolecular Hbond substituents is 1. The van der Waals surface area contributed by atoms with Crippen molar-refractivity contribution in [2.24, 2.45) is 0 Å². The molecule has 0 bridgehead atoms. The number of carboxylic acid groups (broad SMARTS) is 1. The zero-order chi connectivity index (χ0) is 20.6. The maximum Gasteiger partial charge on any atom is 0.332 e. The third-order valence-corrected chi connectivity index (χ3v) is 4.58. The standard InChI is InChI=1S/C19H30N2O6/c1-11-8-13(9-12(2)17(11)24)18(25)21-10-15(22)6-4-14(20-3)5-7-16(23)19(26)27/h8-9,14-16,20,22-24H,4-7,10H2,1-3H3,(H,21,25)(H,26,27). The number of aryl methyl sites for hydroxylation is 2. The SMILES string of the molecule is CNC(CCC(O)CNC(=O)c1cc(C)c(O)c(C)c1)CCC(O)C(=O)O. The second-order valence-electron chi connectivity index (χ2n) is 6.82. The zero-order valence-corrected chi connectivity index (χ0v) is 16.0. The predicted octanol–water partition coefficient (Wildman–Crippen LogP) is 0.694. The van der Waals surface area contributed by atoms with Gasteiger partial charge in [-0.3, -0.25) is 4.79 Å². The molecule has 0 aromatic heterocycles. The van der Waals surface area contributed by atoms with E-state index in [1.165, 1.54) is 0 Å². The Balaban J connectivity index is 2.42. The molecule has 0 saturated carbocycles. The van der Waals surface area contributed by atoms with Crippen LogP contribution in [0, 0.1) is 13.8 Å². The summed E-state index contributed by atoms with van der Waals surface area (Å²) in [5, 5.41) is 43.6. The van der Waals surface area contributed by atoms with Crippen molar-refractivity contribution in [1.29, 1.82) is 0 Å². The minimum Gasteiger partial charge on any atom is -0.507 e. The number of hydrogen-bond acceptors (Lipinski definition) is 6. The number of aromatic hydroxyl groups is 1. The molecule has 0 aliphatic heterocycles. The monoisotopic (exact) mass is 382 g/mol. The van der Waals surface area contributed by atoms with Gasteiger partial charge in [0.2, 0.25) is 0 Å². The van der Waals surface area contributed by atoms with Crippen molar-refractivity contribution >= 4 is 11.9 Å². The number of hydrogen-bond donors (Lipinski definition) is 6. The Morgan fingerprint density at radius 1 is 1.04 bits per heavy atom. The van der Waals surface area contributed by atoms with E-state index in [2.05, 4.69) is 10.6 Å². The molecule has 0 saturated heterocycles. The first kappa shape index (κ1) is 22.9. The first-order valence-corrected chi connectivity index (χ1v) is 9.00. The summed E-state index contributed by atoms with van der Waals surface area (Å²) < 4.78 is 0. The molecule has 1 aromatic carbocycles. The topological polar surface area (TPSA) is 139 Å². The van der Waals surface area contributed by atoms with E-state index in [-0.39, 0.29) is 30.7 Å². The van der Waals surface area contributed by atoms with Crippen LogP contribution < -0.4 is 10.6 Å². The summed E-state index contributed by atoms with van der Waals surface area (Å²) in [7, 11) is 1.74. The van der Waals surface area contributed by atoms with E-state index in [9.17, 15) is 24.9 Å². The number of carboxylic acids is 1. The first-order chi connectivity index (χ1) is 12.6. The largest absolute Gasteiger partial charge is 0.507 e. The van der Waals surface area contributed by atoms with Gasteiger partial charge in [0.1, 0.15) is 5.75 Å². The van der Waals surface area contributed by atoms with E-state index in [0.717, 1.165) is 0 Å². The summed E-state index contributed by atoms with van der Waals surface area (Å²) in [4.78, 5) is 22.8. The Morgan fingerprint density at radius 2 is 1.59 bits per heavy atom. The van der Waals surface area contributed by atoms with Gasteiger partial charge in [0.25, 0.3) is 5.91 Å². The fourth-order valence-corrected chi connectivity index (χ4v) is 2.81. The minimum absolute atomic E-state index is 0.0354. The van der Waals surface area contributed by atoms with E-state index >= 15 is 0 Å². The molecule has 1 aromatic rings. The summed E-state index contributed by atoms with van der Waals surface area (Å²) >= 11 is 0. The number of phenols is 1. The molecule has 152 valence electrons. The highest BCUT2D eigenvalue weighted by atomic mass is 16.4. The fraction of sp³-hybridized carbons (Fsp3) is 0.579. The second-order valence-corrected chi connectivity index (χ2v) is 6.82. The fourth-order valence-electron chi connectivity index (χ4n) is 2.81. The summed E-state index contributed by atoms with van der Waals surface area (Å²) in [6, 6.07) is 3.15. The Kier molecular flexibility index (Phi) is 9.20. The van der Waals surface area contributed by atoms with Crippen LogP contribution in [-0.2, 0) is 4.79 Å². The summed E-state index contributed by atoms with van der Waals surface area (Å²) in [5.74, 6) is -1.40. The lowest BCUT2D eigenvalue weighted by molar-refractivity contribution is -0.147. The summed E-state index contributed by atoms with van der Waals surface area (Å²) in [6.07, 6.45) is -0.529. The normalized spacial score (nSPS) is 14.4. The predicted molar refractivity (Wildman–Crippen MR) is 101 cm³/mol. The number of amides is 1. The number of aliphatic carboxylic acids is 1. The van der Waals surface area contributed by atoms with Crippen molar-refractivity contribution in [2.45, 2.75) is 57.8 Å². The highest BCUT2D eigenvalue weighted by Crippen LogP contribution is 2.22. The van der Waals surface area contributed by atoms with E-state index in [0.29, 0.717) is 36.0 Å². The van der Waals surface area contributed by atoms with Gasteiger partial charge in [-0.05, 0) is 69.8 Å². The molecule has 27 heavy (non-hydrogen) atoms. The molecule has 0 aliphatic carbocycles. The summed E-state index contributed by atoms with van der Waals surface area (Å²) in [6.45, 7) is 3.52. The van der Waals surface area contributed by atoms with Crippen LogP contribution in [0.4, 0.5) is 0 Å². The molecule has 3 atom stereocenters. The van der Waals surface area contributed by atoms with E-state index < -0.39 is 18.2 Å². The second kappa shape index (κ2) is 10.9. The average molecular weight is 382 g/mol. The van der Waals surface area contributed by atoms with Crippen LogP contribution in [-0.4, -0.2) is 64.1 Å². The van der Waals surface area contributed by atoms with Crippen LogP contribution in [0.3, 0.4) is 0 Å². The third kappa shape index (κ3) is 7.54. The van der Waals surface area contributed by atoms with Crippen molar-refractivity contribution in [1.82, 2.24) is 10.6 Å². The average Bonchev–Trinajstić information content (AvgIpc) is 2.63. The molecule has 1 rings (SSSR count). The van der Waals surface area contributed by atoms with Crippen molar-refractivity contribution < 1.29 is 30.0 Å². The van der Waals surface area contributed by atoms with Gasteiger partial charge in [0, 0.05) is 18.2 Å². The Bertz CT molecular complexity index is 626. The lowest BCUT2D eigenvalue weighted by Gasteiger charge is -2.19. The first-order valence-electron chi connectivity index (χ1n) is 9.00. The maximum absolute atomic E-state index is 12.2. The highest BCUT2D eigenvalue weighted by Gasteiger charge is 2.17. The molecule has 6 N–H and O–H groups in total. The van der Waals surface area contributed by atoms with Crippen molar-refractivity contribution in [3.05, 3.63) is 28.8 Å². The van der Waals surface area contributed by atoms with Crippen molar-refractivity contribution in [2.75, 3.05) is 13.6 Å². The molecular weight excluding hydrogens is 352 g/mol. The number of carbonyl (C=O) groups excluding carboxylic acids is 1. The van der Waals surface area contributed by atoms with Crippen molar-refractivity contribution in [3.63, 3.8) is 0 Å². The molecule has 0 fully saturated rings. The van der Waals surface area contributed by atoms with Gasteiger partial charge in [-0.1, -0.05) is 0 Å². The van der Waals surface area contributed by atoms with E-state index in [1.54, 1.807) is 33.0 Å². The van der Waals surface area contributed by atoms with Gasteiger partial charge in [-0.25, -0.2) is 4.79 Å². The molecule has 0 heterocycles. The summed E-state index contributed by atoms with van der Waals surface area (Å²) in [5.41, 5.74) is 1.65. The van der Waals surface area contributed by atoms with Crippen molar-refractivity contribution in [3.8, 4) is 5.75 Å². The number of benzene rings is 1. The molecule has 0 radical (unpaired) electrons. The van der Waals surface area contributed by atoms with Crippen LogP contribution in [0.15, 0.2) is 12.1 Å². The lowest BCUT2D eigenvalue weighted by Crippen LogP contribution is -2.34. The minimum atomic E-state index is -1.39. The number of aliphatic hydroxyl groups is 2. The Hall–Kier alpha value is -2.16. The number of rotatable bonds is 11. The van der Waals surface area contributed by atoms with Gasteiger partial charge in [0.15, 0.2) is 6.10 Å². The molecule has 0 spiro atoms. The maximum atomic E-state index is 12.2. The van der Waals surface area contributed by atoms with Crippen LogP contribution in [0.5, 0.6) is 5.75 Å². The zero-order valence-electron chi connectivity index (χ0n) is 16.0. The van der Waals surface area contributed by atoms with E-state index in [1.807, 2.05) is 0 Å². The smallest absolute Gasteiger partial charge is 0.332 e. The van der Waals surface area contributed by atoms with Gasteiger partial charge in [-0.15, -0.1) is 0 Å². The Labute approximate surface area is 159 Å². The number of nitrogens with one attached hydrogen (secondary N) is 2. The molecule has 1 amide bonds. The molecule has 8 nitrogen and oxygen atoms in total. The van der Waals surface area contributed by atoms with Gasteiger partial charge < -0.3 is 31.1 Å². The highest BCUT2D eigenvalue weighted by molar-refractivity contribution is 5.94. The third-order valence-electron chi connectivity index (χ3n) is 4.58. The Morgan fingerprint density at radius 3 is 2.11 bits per heavy atom. The molecule has 8 heteroatoms. The van der Waals surface area contributed by atoms with Crippen LogP contribution in [0.25, 0.3) is 0 Å². The number of carbonyl (C=O) groups is 2. The van der Waals surface area contributed by atoms with Crippen LogP contribution >= 0.6 is 0 Å². The van der Waals surface area contributed by atoms with Crippen LogP contribution in [0.1, 0.15) is 47.2 Å². The number of aliphatic hydroxyl groups excluding tert-OH is 2. The molecule has 3 unspecified atom stereocenters.